The van der Waals surface area contributed by atoms with Crippen LogP contribution in [-0.4, -0.2) is 15.7 Å². The summed E-state index contributed by atoms with van der Waals surface area (Å²) in [7, 11) is 0. The molecule has 0 fully saturated rings. The molecule has 8 heteroatoms. The summed E-state index contributed by atoms with van der Waals surface area (Å²) in [6.07, 6.45) is 1.66. The molecule has 0 saturated heterocycles. The number of aromatic nitrogens is 2. The van der Waals surface area contributed by atoms with E-state index in [2.05, 4.69) is 15.9 Å². The van der Waals surface area contributed by atoms with Crippen LogP contribution in [0, 0.1) is 20.8 Å². The number of benzene rings is 2. The number of carbonyl (C=O) groups is 1. The first-order chi connectivity index (χ1) is 17.4. The Balaban J connectivity index is 1.47. The molecule has 2 heterocycles. The Morgan fingerprint density at radius 3 is 2.53 bits per heavy atom. The van der Waals surface area contributed by atoms with Gasteiger partial charge in [-0.05, 0) is 43.5 Å². The highest BCUT2D eigenvalue weighted by Crippen LogP contribution is 2.26. The van der Waals surface area contributed by atoms with Crippen LogP contribution in [-0.2, 0) is 30.8 Å². The van der Waals surface area contributed by atoms with Gasteiger partial charge in [-0.1, -0.05) is 59.3 Å². The van der Waals surface area contributed by atoms with Crippen molar-refractivity contribution >= 4 is 5.91 Å². The molecule has 1 amide bonds. The van der Waals surface area contributed by atoms with E-state index in [0.717, 1.165) is 39.1 Å². The second kappa shape index (κ2) is 11.0. The smallest absolute Gasteiger partial charge is 0.272 e. The third kappa shape index (κ3) is 5.55. The Kier molecular flexibility index (Phi) is 7.65. The van der Waals surface area contributed by atoms with Gasteiger partial charge in [-0.15, -0.1) is 0 Å². The van der Waals surface area contributed by atoms with Crippen molar-refractivity contribution in [1.82, 2.24) is 15.1 Å². The molecule has 4 aromatic rings. The van der Waals surface area contributed by atoms with Crippen molar-refractivity contribution in [2.45, 2.75) is 46.8 Å². The fourth-order valence-electron chi connectivity index (χ4n) is 4.12. The van der Waals surface area contributed by atoms with Crippen LogP contribution in [0.1, 0.15) is 39.1 Å². The van der Waals surface area contributed by atoms with Crippen molar-refractivity contribution in [1.29, 1.82) is 0 Å². The van der Waals surface area contributed by atoms with Gasteiger partial charge in [-0.25, -0.2) is 4.68 Å². The van der Waals surface area contributed by atoms with E-state index >= 15 is 0 Å². The van der Waals surface area contributed by atoms with Crippen LogP contribution in [0.3, 0.4) is 0 Å². The van der Waals surface area contributed by atoms with E-state index in [0.29, 0.717) is 31.0 Å². The lowest BCUT2D eigenvalue weighted by Gasteiger charge is -2.14. The van der Waals surface area contributed by atoms with Crippen LogP contribution < -0.4 is 22.0 Å². The Labute approximate surface area is 210 Å². The summed E-state index contributed by atoms with van der Waals surface area (Å²) in [6, 6.07) is 17.5. The maximum atomic E-state index is 13.2. The summed E-state index contributed by atoms with van der Waals surface area (Å²) < 4.78 is 6.95. The normalized spacial score (nSPS) is 10.9. The summed E-state index contributed by atoms with van der Waals surface area (Å²) in [6.45, 7) is 6.80. The summed E-state index contributed by atoms with van der Waals surface area (Å²) in [5.41, 5.74) is 15.5. The van der Waals surface area contributed by atoms with Crippen LogP contribution in [0.4, 0.5) is 0 Å². The number of rotatable bonds is 9. The van der Waals surface area contributed by atoms with E-state index in [4.69, 9.17) is 10.3 Å². The Hall–Kier alpha value is -4.17. The highest BCUT2D eigenvalue weighted by Gasteiger charge is 2.16. The lowest BCUT2D eigenvalue weighted by atomic mass is 10.0. The van der Waals surface area contributed by atoms with Gasteiger partial charge in [-0.2, -0.15) is 0 Å². The molecule has 36 heavy (non-hydrogen) atoms. The van der Waals surface area contributed by atoms with Crippen LogP contribution in [0.25, 0.3) is 11.3 Å². The van der Waals surface area contributed by atoms with Crippen molar-refractivity contribution in [3.63, 3.8) is 0 Å². The number of hydrogen-bond acceptors (Lipinski definition) is 6. The molecule has 2 aromatic carbocycles. The monoisotopic (exact) mass is 485 g/mol. The maximum absolute atomic E-state index is 13.2. The molecule has 186 valence electrons. The van der Waals surface area contributed by atoms with E-state index in [1.165, 1.54) is 4.68 Å². The minimum atomic E-state index is -0.265. The average molecular weight is 486 g/mol. The number of aryl methyl sites for hydroxylation is 3. The quantitative estimate of drug-likeness (QED) is 0.334. The average Bonchev–Trinajstić information content (AvgIpc) is 3.25. The van der Waals surface area contributed by atoms with Gasteiger partial charge in [0.25, 0.3) is 5.56 Å². The molecule has 8 nitrogen and oxygen atoms in total. The number of carbonyl (C=O) groups excluding carboxylic acids is 1. The molecule has 0 atom stereocenters. The van der Waals surface area contributed by atoms with Crippen molar-refractivity contribution in [2.24, 2.45) is 5.73 Å². The van der Waals surface area contributed by atoms with Gasteiger partial charge in [0.05, 0.1) is 18.7 Å². The number of hydrogen-bond donors (Lipinski definition) is 3. The zero-order chi connectivity index (χ0) is 25.7. The first-order valence-electron chi connectivity index (χ1n) is 11.9. The molecule has 0 saturated carbocycles. The molecular formula is C28H31N5O3. The largest absolute Gasteiger partial charge is 0.356 e. The number of amides is 1. The Bertz CT molecular complexity index is 1420. The molecule has 0 aliphatic heterocycles. The number of nitrogens with one attached hydrogen (secondary N) is 2. The fraction of sp³-hybridized carbons (Fsp3) is 0.250. The molecule has 4 N–H and O–H groups in total. The van der Waals surface area contributed by atoms with Gasteiger partial charge in [-0.3, -0.25) is 9.59 Å². The van der Waals surface area contributed by atoms with Gasteiger partial charge in [0.1, 0.15) is 0 Å². The Morgan fingerprint density at radius 2 is 1.78 bits per heavy atom. The second-order valence-electron chi connectivity index (χ2n) is 8.86. The lowest BCUT2D eigenvalue weighted by molar-refractivity contribution is -0.120. The van der Waals surface area contributed by atoms with Crippen molar-refractivity contribution in [3.8, 4) is 11.3 Å². The predicted molar refractivity (Wildman–Crippen MR) is 140 cm³/mol. The van der Waals surface area contributed by atoms with Gasteiger partial charge in [0.2, 0.25) is 5.91 Å². The molecule has 0 aliphatic rings. The third-order valence-corrected chi connectivity index (χ3v) is 6.27. The lowest BCUT2D eigenvalue weighted by Crippen LogP contribution is -2.34. The molecule has 0 bridgehead atoms. The summed E-state index contributed by atoms with van der Waals surface area (Å²) in [5, 5.41) is 7.03. The van der Waals surface area contributed by atoms with Crippen molar-refractivity contribution < 1.29 is 9.32 Å². The predicted octanol–water partition coefficient (Wildman–Crippen LogP) is 3.49. The van der Waals surface area contributed by atoms with Crippen LogP contribution in [0.5, 0.6) is 0 Å². The van der Waals surface area contributed by atoms with Crippen molar-refractivity contribution in [2.75, 3.05) is 5.43 Å². The van der Waals surface area contributed by atoms with Crippen molar-refractivity contribution in [3.05, 3.63) is 110 Å². The fourth-order valence-corrected chi connectivity index (χ4v) is 4.12. The van der Waals surface area contributed by atoms with Gasteiger partial charge < -0.3 is 21.0 Å². The number of nitrogens with zero attached hydrogens (tertiary/aromatic N) is 2. The van der Waals surface area contributed by atoms with Crippen LogP contribution >= 0.6 is 0 Å². The second-order valence-corrected chi connectivity index (χ2v) is 8.86. The Morgan fingerprint density at radius 1 is 1.00 bits per heavy atom. The number of pyridine rings is 1. The summed E-state index contributed by atoms with van der Waals surface area (Å²) in [4.78, 5) is 26.0. The van der Waals surface area contributed by atoms with E-state index in [1.54, 1.807) is 6.20 Å². The standard InChI is InChI=1S/C28H31N5O3/c1-18-9-10-22(15-29)23(13-18)16-30-26(34)14-24-19(2)11-12-33(28(24)35)31-17-25-20(3)32-36-27(25)21-7-5-4-6-8-21/h4-13,31H,14-17,29H2,1-3H3,(H,30,34). The van der Waals surface area contributed by atoms with E-state index in [-0.39, 0.29) is 17.9 Å². The molecule has 0 spiro atoms. The highest BCUT2D eigenvalue weighted by molar-refractivity contribution is 5.78. The first-order valence-corrected chi connectivity index (χ1v) is 11.9. The minimum Gasteiger partial charge on any atom is -0.356 e. The topological polar surface area (TPSA) is 115 Å². The maximum Gasteiger partial charge on any atom is 0.272 e. The molecule has 0 unspecified atom stereocenters. The van der Waals surface area contributed by atoms with Crippen LogP contribution in [0.2, 0.25) is 0 Å². The molecule has 2 aromatic heterocycles. The molecular weight excluding hydrogens is 454 g/mol. The SMILES string of the molecule is Cc1ccc(CN)c(CNC(=O)Cc2c(C)ccn(NCc3c(C)noc3-c3ccccc3)c2=O)c1. The number of nitrogens with two attached hydrogens (primary N) is 1. The van der Waals surface area contributed by atoms with E-state index < -0.39 is 0 Å². The minimum absolute atomic E-state index is 0.0154. The molecule has 0 aliphatic carbocycles. The zero-order valence-electron chi connectivity index (χ0n) is 20.8. The third-order valence-electron chi connectivity index (χ3n) is 6.27. The summed E-state index contributed by atoms with van der Waals surface area (Å²) >= 11 is 0. The first kappa shape index (κ1) is 24.9. The van der Waals surface area contributed by atoms with Gasteiger partial charge in [0, 0.05) is 36.0 Å². The molecule has 4 rings (SSSR count). The zero-order valence-corrected chi connectivity index (χ0v) is 20.8. The van der Waals surface area contributed by atoms with Crippen LogP contribution in [0.15, 0.2) is 70.1 Å². The van der Waals surface area contributed by atoms with E-state index in [1.807, 2.05) is 75.4 Å². The van der Waals surface area contributed by atoms with E-state index in [9.17, 15) is 9.59 Å². The highest BCUT2D eigenvalue weighted by atomic mass is 16.5. The van der Waals surface area contributed by atoms with Gasteiger partial charge in [0.15, 0.2) is 5.76 Å². The summed E-state index contributed by atoms with van der Waals surface area (Å²) in [5.74, 6) is 0.437. The van der Waals surface area contributed by atoms with Gasteiger partial charge >= 0.3 is 0 Å². The molecule has 0 radical (unpaired) electrons.